The number of benzene rings is 2. The minimum Gasteiger partial charge on any atom is -0.328 e. The van der Waals surface area contributed by atoms with Crippen molar-refractivity contribution in [3.8, 4) is 0 Å². The molecule has 2 nitrogen and oxygen atoms in total. The summed E-state index contributed by atoms with van der Waals surface area (Å²) in [7, 11) is 0. The lowest BCUT2D eigenvalue weighted by molar-refractivity contribution is 0.0710. The highest BCUT2D eigenvalue weighted by atomic mass is 16.2. The lowest BCUT2D eigenvalue weighted by Crippen LogP contribution is -2.36. The summed E-state index contributed by atoms with van der Waals surface area (Å²) in [4.78, 5) is 14.5. The van der Waals surface area contributed by atoms with Gasteiger partial charge in [0.2, 0.25) is 0 Å². The molecule has 2 rings (SSSR count). The molecular weight excluding hydrogens is 246 g/mol. The van der Waals surface area contributed by atoms with Gasteiger partial charge in [0.15, 0.2) is 0 Å². The van der Waals surface area contributed by atoms with Crippen LogP contribution in [0, 0.1) is 0 Å². The molecule has 0 saturated carbocycles. The second-order valence-corrected chi connectivity index (χ2v) is 4.76. The minimum absolute atomic E-state index is 0.0112. The number of amides is 1. The molecule has 20 heavy (non-hydrogen) atoms. The molecule has 0 bridgehead atoms. The van der Waals surface area contributed by atoms with Gasteiger partial charge >= 0.3 is 0 Å². The van der Waals surface area contributed by atoms with E-state index in [1.165, 1.54) is 0 Å². The first kappa shape index (κ1) is 14.1. The van der Waals surface area contributed by atoms with Gasteiger partial charge in [0.1, 0.15) is 0 Å². The fourth-order valence-corrected chi connectivity index (χ4v) is 2.05. The molecule has 1 unspecified atom stereocenters. The molecule has 0 aliphatic carbocycles. The fourth-order valence-electron chi connectivity index (χ4n) is 2.05. The number of carbonyl (C=O) groups is 1. The maximum Gasteiger partial charge on any atom is 0.254 e. The van der Waals surface area contributed by atoms with Crippen LogP contribution in [0.1, 0.15) is 22.8 Å². The first-order valence-electron chi connectivity index (χ1n) is 6.75. The lowest BCUT2D eigenvalue weighted by Gasteiger charge is -2.27. The van der Waals surface area contributed by atoms with Crippen LogP contribution in [0.4, 0.5) is 0 Å². The predicted octanol–water partition coefficient (Wildman–Crippen LogP) is 3.90. The number of hydrogen-bond acceptors (Lipinski definition) is 1. The number of nitrogens with zero attached hydrogens (tertiary/aromatic N) is 1. The molecule has 0 radical (unpaired) electrons. The van der Waals surface area contributed by atoms with Crippen LogP contribution in [0.2, 0.25) is 0 Å². The molecule has 0 spiro atoms. The van der Waals surface area contributed by atoms with Crippen LogP contribution < -0.4 is 0 Å². The molecular formula is C18H19NO. The number of hydrogen-bond donors (Lipinski definition) is 0. The third-order valence-corrected chi connectivity index (χ3v) is 3.31. The number of carbonyl (C=O) groups excluding carboxylic acids is 1. The minimum atomic E-state index is -0.0112. The molecule has 2 aromatic rings. The zero-order valence-electron chi connectivity index (χ0n) is 11.7. The highest BCUT2D eigenvalue weighted by Crippen LogP contribution is 2.14. The van der Waals surface area contributed by atoms with Gasteiger partial charge in [-0.3, -0.25) is 4.79 Å². The Kier molecular flexibility index (Phi) is 4.72. The molecule has 0 fully saturated rings. The van der Waals surface area contributed by atoms with Gasteiger partial charge in [-0.1, -0.05) is 54.6 Å². The third kappa shape index (κ3) is 3.35. The van der Waals surface area contributed by atoms with Crippen LogP contribution >= 0.6 is 0 Å². The van der Waals surface area contributed by atoms with Gasteiger partial charge in [-0.15, -0.1) is 6.58 Å². The van der Waals surface area contributed by atoms with E-state index in [1.54, 1.807) is 6.08 Å². The smallest absolute Gasteiger partial charge is 0.254 e. The zero-order chi connectivity index (χ0) is 14.4. The standard InChI is InChI=1S/C18H19NO/c1-3-15(2)19(14-16-10-6-4-7-11-16)18(20)17-12-8-5-9-13-17/h3-13,15H,1,14H2,2H3. The van der Waals surface area contributed by atoms with Crippen molar-refractivity contribution in [1.29, 1.82) is 0 Å². The van der Waals surface area contributed by atoms with Gasteiger partial charge in [0, 0.05) is 18.2 Å². The first-order valence-corrected chi connectivity index (χ1v) is 6.75. The van der Waals surface area contributed by atoms with E-state index in [4.69, 9.17) is 0 Å². The van der Waals surface area contributed by atoms with Crippen LogP contribution in [0.3, 0.4) is 0 Å². The first-order chi connectivity index (χ1) is 9.72. The number of rotatable bonds is 5. The molecule has 0 aliphatic rings. The van der Waals surface area contributed by atoms with Crippen molar-refractivity contribution in [3.05, 3.63) is 84.4 Å². The van der Waals surface area contributed by atoms with Crippen molar-refractivity contribution >= 4 is 5.91 Å². The summed E-state index contributed by atoms with van der Waals surface area (Å²) in [5.41, 5.74) is 1.82. The highest BCUT2D eigenvalue weighted by molar-refractivity contribution is 5.94. The van der Waals surface area contributed by atoms with Crippen molar-refractivity contribution in [2.24, 2.45) is 0 Å². The Morgan fingerprint density at radius 1 is 1.10 bits per heavy atom. The summed E-state index contributed by atoms with van der Waals surface area (Å²) in [6, 6.07) is 19.4. The summed E-state index contributed by atoms with van der Waals surface area (Å²) in [6.07, 6.45) is 1.80. The predicted molar refractivity (Wildman–Crippen MR) is 82.4 cm³/mol. The second kappa shape index (κ2) is 6.71. The highest BCUT2D eigenvalue weighted by Gasteiger charge is 2.19. The van der Waals surface area contributed by atoms with E-state index in [2.05, 4.69) is 6.58 Å². The molecule has 2 aromatic carbocycles. The van der Waals surface area contributed by atoms with Crippen LogP contribution in [-0.2, 0) is 6.54 Å². The average Bonchev–Trinajstić information content (AvgIpc) is 2.53. The van der Waals surface area contributed by atoms with Crippen molar-refractivity contribution in [3.63, 3.8) is 0 Å². The van der Waals surface area contributed by atoms with Gasteiger partial charge in [0.05, 0.1) is 0 Å². The van der Waals surface area contributed by atoms with E-state index in [0.29, 0.717) is 12.1 Å². The molecule has 2 heteroatoms. The molecule has 1 amide bonds. The Balaban J connectivity index is 2.24. The van der Waals surface area contributed by atoms with E-state index in [0.717, 1.165) is 5.56 Å². The molecule has 102 valence electrons. The van der Waals surface area contributed by atoms with Crippen molar-refractivity contribution < 1.29 is 4.79 Å². The molecule has 0 N–H and O–H groups in total. The summed E-state index contributed by atoms with van der Waals surface area (Å²) < 4.78 is 0. The van der Waals surface area contributed by atoms with Gasteiger partial charge in [-0.25, -0.2) is 0 Å². The Morgan fingerprint density at radius 2 is 1.65 bits per heavy atom. The molecule has 0 aliphatic heterocycles. The van der Waals surface area contributed by atoms with E-state index in [-0.39, 0.29) is 11.9 Å². The summed E-state index contributed by atoms with van der Waals surface area (Å²) in [5, 5.41) is 0. The van der Waals surface area contributed by atoms with Gasteiger partial charge in [-0.05, 0) is 24.6 Å². The fraction of sp³-hybridized carbons (Fsp3) is 0.167. The van der Waals surface area contributed by atoms with Crippen LogP contribution in [0.25, 0.3) is 0 Å². The van der Waals surface area contributed by atoms with Crippen molar-refractivity contribution in [1.82, 2.24) is 4.90 Å². The summed E-state index contributed by atoms with van der Waals surface area (Å²) in [5.74, 6) is 0.0295. The Labute approximate surface area is 120 Å². The van der Waals surface area contributed by atoms with Crippen molar-refractivity contribution in [2.45, 2.75) is 19.5 Å². The van der Waals surface area contributed by atoms with Crippen LogP contribution in [-0.4, -0.2) is 16.8 Å². The third-order valence-electron chi connectivity index (χ3n) is 3.31. The summed E-state index contributed by atoms with van der Waals surface area (Å²) in [6.45, 7) is 6.37. The average molecular weight is 265 g/mol. The largest absolute Gasteiger partial charge is 0.328 e. The van der Waals surface area contributed by atoms with Crippen LogP contribution in [0.5, 0.6) is 0 Å². The topological polar surface area (TPSA) is 20.3 Å². The second-order valence-electron chi connectivity index (χ2n) is 4.76. The van der Waals surface area contributed by atoms with Crippen molar-refractivity contribution in [2.75, 3.05) is 0 Å². The van der Waals surface area contributed by atoms with Gasteiger partial charge in [-0.2, -0.15) is 0 Å². The quantitative estimate of drug-likeness (QED) is 0.751. The Hall–Kier alpha value is -2.35. The van der Waals surface area contributed by atoms with E-state index < -0.39 is 0 Å². The van der Waals surface area contributed by atoms with E-state index in [1.807, 2.05) is 72.5 Å². The molecule has 1 atom stereocenters. The molecule has 0 aromatic heterocycles. The lowest BCUT2D eigenvalue weighted by atomic mass is 10.1. The summed E-state index contributed by atoms with van der Waals surface area (Å²) >= 11 is 0. The zero-order valence-corrected chi connectivity index (χ0v) is 11.7. The Morgan fingerprint density at radius 3 is 2.20 bits per heavy atom. The van der Waals surface area contributed by atoms with Crippen LogP contribution in [0.15, 0.2) is 73.3 Å². The maximum absolute atomic E-state index is 12.6. The monoisotopic (exact) mass is 265 g/mol. The molecule has 0 saturated heterocycles. The maximum atomic E-state index is 12.6. The normalized spacial score (nSPS) is 11.7. The van der Waals surface area contributed by atoms with Gasteiger partial charge < -0.3 is 4.90 Å². The van der Waals surface area contributed by atoms with E-state index in [9.17, 15) is 4.79 Å². The van der Waals surface area contributed by atoms with E-state index >= 15 is 0 Å². The Bertz CT molecular complexity index is 562. The SMILES string of the molecule is C=CC(C)N(Cc1ccccc1)C(=O)c1ccccc1. The molecule has 0 heterocycles. The van der Waals surface area contributed by atoms with Gasteiger partial charge in [0.25, 0.3) is 5.91 Å².